The maximum absolute atomic E-state index is 6.46. The van der Waals surface area contributed by atoms with E-state index in [0.717, 1.165) is 56.8 Å². The molecule has 5 aliphatic rings. The summed E-state index contributed by atoms with van der Waals surface area (Å²) in [6.45, 7) is 4.81. The predicted octanol–water partition coefficient (Wildman–Crippen LogP) is 15.2. The molecule has 2 nitrogen and oxygen atoms in total. The van der Waals surface area contributed by atoms with Gasteiger partial charge in [0.1, 0.15) is 11.2 Å². The quantitative estimate of drug-likeness (QED) is 0.169. The molecule has 1 heterocycles. The molecule has 1 aromatic heterocycles. The lowest BCUT2D eigenvalue weighted by Gasteiger charge is -2.57. The lowest BCUT2D eigenvalue weighted by molar-refractivity contribution is -0.00518. The number of furan rings is 1. The zero-order chi connectivity index (χ0) is 37.9. The highest BCUT2D eigenvalue weighted by Gasteiger charge is 2.51. The summed E-state index contributed by atoms with van der Waals surface area (Å²) in [6, 6.07) is 58.7. The molecule has 4 fully saturated rings. The van der Waals surface area contributed by atoms with Gasteiger partial charge in [-0.1, -0.05) is 123 Å². The summed E-state index contributed by atoms with van der Waals surface area (Å²) in [6.07, 6.45) is 8.70. The third kappa shape index (κ3) is 5.15. The Kier molecular flexibility index (Phi) is 7.20. The molecular weight excluding hydrogens is 691 g/mol. The molecule has 0 amide bonds. The first-order valence-corrected chi connectivity index (χ1v) is 21.2. The van der Waals surface area contributed by atoms with Crippen LogP contribution < -0.4 is 4.90 Å². The van der Waals surface area contributed by atoms with Crippen molar-refractivity contribution in [1.82, 2.24) is 0 Å². The Balaban J connectivity index is 0.937. The molecule has 4 saturated carbocycles. The monoisotopic (exact) mass is 737 g/mol. The molecule has 0 unspecified atom stereocenters. The highest BCUT2D eigenvalue weighted by Crippen LogP contribution is 2.61. The Bertz CT molecular complexity index is 2820. The maximum Gasteiger partial charge on any atom is 0.137 e. The molecule has 0 aliphatic heterocycles. The van der Waals surface area contributed by atoms with Crippen molar-refractivity contribution in [3.8, 4) is 33.4 Å². The minimum Gasteiger partial charge on any atom is -0.456 e. The fourth-order valence-corrected chi connectivity index (χ4v) is 12.3. The van der Waals surface area contributed by atoms with Gasteiger partial charge in [0.25, 0.3) is 0 Å². The van der Waals surface area contributed by atoms with Gasteiger partial charge in [-0.2, -0.15) is 0 Å². The summed E-state index contributed by atoms with van der Waals surface area (Å²) in [5.74, 6) is 2.88. The molecule has 7 aromatic carbocycles. The van der Waals surface area contributed by atoms with Crippen molar-refractivity contribution in [2.24, 2.45) is 17.8 Å². The Morgan fingerprint density at radius 3 is 1.84 bits per heavy atom. The van der Waals surface area contributed by atoms with E-state index >= 15 is 0 Å². The number of rotatable bonds is 6. The molecule has 57 heavy (non-hydrogen) atoms. The van der Waals surface area contributed by atoms with Gasteiger partial charge in [0.2, 0.25) is 0 Å². The molecule has 0 saturated heterocycles. The summed E-state index contributed by atoms with van der Waals surface area (Å²) in [5, 5.41) is 2.28. The van der Waals surface area contributed by atoms with E-state index in [9.17, 15) is 0 Å². The van der Waals surface area contributed by atoms with E-state index in [-0.39, 0.29) is 5.41 Å². The van der Waals surface area contributed by atoms with Gasteiger partial charge in [-0.3, -0.25) is 0 Å². The van der Waals surface area contributed by atoms with E-state index in [1.54, 1.807) is 5.56 Å². The smallest absolute Gasteiger partial charge is 0.137 e. The zero-order valence-corrected chi connectivity index (χ0v) is 32.8. The van der Waals surface area contributed by atoms with Crippen LogP contribution in [0.2, 0.25) is 0 Å². The molecule has 4 bridgehead atoms. The molecule has 5 aliphatic carbocycles. The number of fused-ring (bicyclic) bond motifs is 6. The van der Waals surface area contributed by atoms with Crippen molar-refractivity contribution in [2.45, 2.75) is 63.2 Å². The lowest BCUT2D eigenvalue weighted by atomic mass is 9.48. The van der Waals surface area contributed by atoms with E-state index in [2.05, 4.69) is 170 Å². The molecule has 0 atom stereocenters. The van der Waals surface area contributed by atoms with Gasteiger partial charge >= 0.3 is 0 Å². The van der Waals surface area contributed by atoms with Crippen LogP contribution in [0, 0.1) is 17.8 Å². The van der Waals surface area contributed by atoms with Crippen molar-refractivity contribution in [1.29, 1.82) is 0 Å². The summed E-state index contributed by atoms with van der Waals surface area (Å²) < 4.78 is 6.46. The molecule has 0 N–H and O–H groups in total. The van der Waals surface area contributed by atoms with Crippen molar-refractivity contribution in [2.75, 3.05) is 4.90 Å². The molecule has 2 heteroatoms. The van der Waals surface area contributed by atoms with Crippen LogP contribution in [-0.2, 0) is 10.8 Å². The van der Waals surface area contributed by atoms with Crippen molar-refractivity contribution >= 4 is 39.0 Å². The topological polar surface area (TPSA) is 16.4 Å². The Morgan fingerprint density at radius 1 is 0.474 bits per heavy atom. The minimum absolute atomic E-state index is 0.177. The van der Waals surface area contributed by atoms with Gasteiger partial charge in [0.05, 0.1) is 5.69 Å². The standard InChI is InChI=1S/C55H47NO/c1-54(2)49-29-40(38-16-19-41(20-17-38)55-32-35-26-36(33-55)28-37(27-35)34-55)18-23-45(49)46-24-21-42(30-50(46)54)56(51-14-8-6-12-44(51)39-10-4-3-5-11-39)43-22-25-48-47-13-7-9-15-52(47)57-53(48)31-43/h3-25,29-31,35-37H,26-28,32-34H2,1-2H3. The fourth-order valence-electron chi connectivity index (χ4n) is 12.3. The van der Waals surface area contributed by atoms with Crippen LogP contribution >= 0.6 is 0 Å². The molecule has 0 radical (unpaired) electrons. The normalized spacial score (nSPS) is 22.5. The van der Waals surface area contributed by atoms with E-state index in [4.69, 9.17) is 4.42 Å². The highest BCUT2D eigenvalue weighted by atomic mass is 16.3. The maximum atomic E-state index is 6.46. The number of hydrogen-bond donors (Lipinski definition) is 0. The molecule has 278 valence electrons. The van der Waals surface area contributed by atoms with Gasteiger partial charge in [0.15, 0.2) is 0 Å². The number of benzene rings is 7. The van der Waals surface area contributed by atoms with Gasteiger partial charge in [-0.05, 0) is 149 Å². The van der Waals surface area contributed by atoms with E-state index in [1.165, 1.54) is 83.0 Å². The largest absolute Gasteiger partial charge is 0.456 e. The van der Waals surface area contributed by atoms with Crippen LogP contribution in [0.4, 0.5) is 17.1 Å². The lowest BCUT2D eigenvalue weighted by Crippen LogP contribution is -2.48. The average molecular weight is 738 g/mol. The third-order valence-corrected chi connectivity index (χ3v) is 14.6. The van der Waals surface area contributed by atoms with Crippen molar-refractivity contribution in [3.63, 3.8) is 0 Å². The SMILES string of the molecule is CC1(C)c2cc(-c3ccc(C45CC6CC(CC(C6)C4)C5)cc3)ccc2-c2ccc(N(c3ccc4c(c3)oc3ccccc34)c3ccccc3-c3ccccc3)cc21. The first kappa shape index (κ1) is 33.3. The fraction of sp³-hybridized carbons (Fsp3) is 0.236. The molecular formula is C55H47NO. The van der Waals surface area contributed by atoms with Crippen LogP contribution in [0.1, 0.15) is 69.1 Å². The minimum atomic E-state index is -0.177. The number of nitrogens with zero attached hydrogens (tertiary/aromatic N) is 1. The van der Waals surface area contributed by atoms with Gasteiger partial charge in [-0.25, -0.2) is 0 Å². The highest BCUT2D eigenvalue weighted by molar-refractivity contribution is 6.06. The third-order valence-electron chi connectivity index (χ3n) is 14.6. The zero-order valence-electron chi connectivity index (χ0n) is 32.8. The van der Waals surface area contributed by atoms with Crippen molar-refractivity contribution in [3.05, 3.63) is 174 Å². The predicted molar refractivity (Wildman–Crippen MR) is 237 cm³/mol. The van der Waals surface area contributed by atoms with Gasteiger partial charge in [-0.15, -0.1) is 0 Å². The number of hydrogen-bond acceptors (Lipinski definition) is 2. The molecule has 13 rings (SSSR count). The van der Waals surface area contributed by atoms with Crippen LogP contribution in [0.15, 0.2) is 162 Å². The molecule has 0 spiro atoms. The second kappa shape index (κ2) is 12.3. The van der Waals surface area contributed by atoms with Crippen LogP contribution in [0.3, 0.4) is 0 Å². The van der Waals surface area contributed by atoms with Gasteiger partial charge < -0.3 is 9.32 Å². The number of para-hydroxylation sites is 2. The summed E-state index contributed by atoms with van der Waals surface area (Å²) in [4.78, 5) is 2.42. The summed E-state index contributed by atoms with van der Waals surface area (Å²) >= 11 is 0. The van der Waals surface area contributed by atoms with E-state index < -0.39 is 0 Å². The van der Waals surface area contributed by atoms with E-state index in [1.807, 2.05) is 6.07 Å². The Morgan fingerprint density at radius 2 is 1.07 bits per heavy atom. The van der Waals surface area contributed by atoms with Crippen LogP contribution in [0.5, 0.6) is 0 Å². The molecule has 8 aromatic rings. The summed E-state index contributed by atoms with van der Waals surface area (Å²) in [7, 11) is 0. The van der Waals surface area contributed by atoms with Crippen LogP contribution in [0.25, 0.3) is 55.3 Å². The second-order valence-electron chi connectivity index (χ2n) is 18.4. The van der Waals surface area contributed by atoms with Crippen molar-refractivity contribution < 1.29 is 4.42 Å². The summed E-state index contributed by atoms with van der Waals surface area (Å²) in [5.41, 5.74) is 17.4. The second-order valence-corrected chi connectivity index (χ2v) is 18.4. The Hall–Kier alpha value is -5.86. The Labute approximate surface area is 335 Å². The first-order valence-electron chi connectivity index (χ1n) is 21.2. The first-order chi connectivity index (χ1) is 27.9. The van der Waals surface area contributed by atoms with Gasteiger partial charge in [0, 0.05) is 39.2 Å². The van der Waals surface area contributed by atoms with E-state index in [0.29, 0.717) is 5.41 Å². The average Bonchev–Trinajstić information content (AvgIpc) is 3.72. The number of anilines is 3. The van der Waals surface area contributed by atoms with Crippen LogP contribution in [-0.4, -0.2) is 0 Å².